The van der Waals surface area contributed by atoms with Crippen LogP contribution in [0.25, 0.3) is 0 Å². The fraction of sp³-hybridized carbons (Fsp3) is 0.591. The molecule has 3 rings (SSSR count). The predicted molar refractivity (Wildman–Crippen MR) is 113 cm³/mol. The molecular weight excluding hydrogens is 366 g/mol. The monoisotopic (exact) mass is 399 g/mol. The minimum Gasteiger partial charge on any atom is -0.465 e. The van der Waals surface area contributed by atoms with E-state index in [9.17, 15) is 4.79 Å². The van der Waals surface area contributed by atoms with E-state index in [-0.39, 0.29) is 11.9 Å². The van der Waals surface area contributed by atoms with E-state index in [1.807, 2.05) is 20.0 Å². The molecule has 0 unspecified atom stereocenters. The second kappa shape index (κ2) is 9.39. The van der Waals surface area contributed by atoms with Crippen molar-refractivity contribution in [2.24, 2.45) is 11.8 Å². The molecule has 0 atom stereocenters. The number of carbonyl (C=O) groups is 1. The zero-order valence-electron chi connectivity index (χ0n) is 18.0. The number of nitrogens with two attached hydrogens (primary N) is 1. The molecule has 2 aromatic rings. The van der Waals surface area contributed by atoms with E-state index in [0.717, 1.165) is 62.7 Å². The molecule has 0 radical (unpaired) electrons. The minimum atomic E-state index is -0.0856. The van der Waals surface area contributed by atoms with Crippen molar-refractivity contribution in [2.75, 3.05) is 32.4 Å². The van der Waals surface area contributed by atoms with Gasteiger partial charge in [0.25, 0.3) is 5.91 Å². The normalized spacial score (nSPS) is 15.8. The molecule has 29 heavy (non-hydrogen) atoms. The fourth-order valence-corrected chi connectivity index (χ4v) is 3.93. The summed E-state index contributed by atoms with van der Waals surface area (Å²) >= 11 is 0. The van der Waals surface area contributed by atoms with Gasteiger partial charge in [0.15, 0.2) is 0 Å². The lowest BCUT2D eigenvalue weighted by atomic mass is 9.96. The van der Waals surface area contributed by atoms with Gasteiger partial charge in [-0.1, -0.05) is 13.8 Å². The number of nitrogen functional groups attached to an aromatic ring is 1. The number of anilines is 1. The van der Waals surface area contributed by atoms with Crippen LogP contribution in [0.3, 0.4) is 0 Å². The highest BCUT2D eigenvalue weighted by atomic mass is 16.3. The Morgan fingerprint density at radius 1 is 1.31 bits per heavy atom. The number of piperidine rings is 1. The molecule has 0 saturated carbocycles. The Balaban J connectivity index is 1.52. The van der Waals surface area contributed by atoms with Gasteiger partial charge in [0.2, 0.25) is 5.95 Å². The quantitative estimate of drug-likeness (QED) is 0.769. The van der Waals surface area contributed by atoms with Gasteiger partial charge < -0.3 is 15.1 Å². The second-order valence-corrected chi connectivity index (χ2v) is 8.62. The van der Waals surface area contributed by atoms with Gasteiger partial charge in [-0.15, -0.1) is 0 Å². The van der Waals surface area contributed by atoms with E-state index in [0.29, 0.717) is 17.5 Å². The maximum absolute atomic E-state index is 12.9. The van der Waals surface area contributed by atoms with Crippen LogP contribution in [0.1, 0.15) is 54.4 Å². The number of nitrogens with zero attached hydrogens (tertiary/aromatic N) is 4. The van der Waals surface area contributed by atoms with Crippen molar-refractivity contribution in [3.05, 3.63) is 41.1 Å². The van der Waals surface area contributed by atoms with E-state index in [1.54, 1.807) is 11.0 Å². The SMILES string of the molecule is Cc1ccc(CN2CCC(CN(C)C(=O)c3cc(CC(C)C)nc(N)n3)CC2)o1. The molecule has 2 aromatic heterocycles. The van der Waals surface area contributed by atoms with E-state index in [4.69, 9.17) is 10.2 Å². The van der Waals surface area contributed by atoms with Crippen LogP contribution < -0.4 is 5.73 Å². The molecule has 1 saturated heterocycles. The van der Waals surface area contributed by atoms with Crippen LogP contribution in [0.15, 0.2) is 22.6 Å². The highest BCUT2D eigenvalue weighted by Gasteiger charge is 2.24. The number of carbonyl (C=O) groups excluding carboxylic acids is 1. The lowest BCUT2D eigenvalue weighted by Gasteiger charge is -2.33. The van der Waals surface area contributed by atoms with E-state index in [1.165, 1.54) is 0 Å². The Hall–Kier alpha value is -2.41. The van der Waals surface area contributed by atoms with Crippen molar-refractivity contribution in [1.82, 2.24) is 19.8 Å². The van der Waals surface area contributed by atoms with Gasteiger partial charge in [-0.3, -0.25) is 9.69 Å². The fourth-order valence-electron chi connectivity index (χ4n) is 3.93. The third-order valence-corrected chi connectivity index (χ3v) is 5.39. The Kier molecular flexibility index (Phi) is 6.90. The number of aryl methyl sites for hydroxylation is 1. The second-order valence-electron chi connectivity index (χ2n) is 8.62. The molecule has 1 aliphatic rings. The molecule has 7 nitrogen and oxygen atoms in total. The average Bonchev–Trinajstić information content (AvgIpc) is 3.06. The topological polar surface area (TPSA) is 88.5 Å². The van der Waals surface area contributed by atoms with Crippen LogP contribution in [0.4, 0.5) is 5.95 Å². The number of furan rings is 1. The van der Waals surface area contributed by atoms with Gasteiger partial charge in [-0.25, -0.2) is 9.97 Å². The number of hydrogen-bond acceptors (Lipinski definition) is 6. The lowest BCUT2D eigenvalue weighted by molar-refractivity contribution is 0.0729. The number of hydrogen-bond donors (Lipinski definition) is 1. The largest absolute Gasteiger partial charge is 0.465 e. The highest BCUT2D eigenvalue weighted by Crippen LogP contribution is 2.21. The molecule has 1 fully saturated rings. The summed E-state index contributed by atoms with van der Waals surface area (Å²) < 4.78 is 5.68. The van der Waals surface area contributed by atoms with Crippen LogP contribution in [0.2, 0.25) is 0 Å². The van der Waals surface area contributed by atoms with E-state index in [2.05, 4.69) is 34.8 Å². The molecule has 1 amide bonds. The zero-order chi connectivity index (χ0) is 21.0. The first-order valence-electron chi connectivity index (χ1n) is 10.5. The van der Waals surface area contributed by atoms with Gasteiger partial charge in [-0.05, 0) is 69.3 Å². The molecule has 2 N–H and O–H groups in total. The summed E-state index contributed by atoms with van der Waals surface area (Å²) in [6, 6.07) is 5.84. The van der Waals surface area contributed by atoms with Crippen LogP contribution in [-0.4, -0.2) is 52.4 Å². The third-order valence-electron chi connectivity index (χ3n) is 5.39. The van der Waals surface area contributed by atoms with Crippen LogP contribution in [-0.2, 0) is 13.0 Å². The van der Waals surface area contributed by atoms with Gasteiger partial charge >= 0.3 is 0 Å². The maximum Gasteiger partial charge on any atom is 0.272 e. The third kappa shape index (κ3) is 6.03. The molecule has 7 heteroatoms. The van der Waals surface area contributed by atoms with Crippen LogP contribution >= 0.6 is 0 Å². The highest BCUT2D eigenvalue weighted by molar-refractivity contribution is 5.92. The summed E-state index contributed by atoms with van der Waals surface area (Å²) in [5.74, 6) is 3.00. The van der Waals surface area contributed by atoms with Gasteiger partial charge in [0.1, 0.15) is 17.2 Å². The molecule has 0 spiro atoms. The van der Waals surface area contributed by atoms with Crippen molar-refractivity contribution >= 4 is 11.9 Å². The Bertz CT molecular complexity index is 824. The molecule has 0 aromatic carbocycles. The number of likely N-dealkylation sites (tertiary alicyclic amines) is 1. The van der Waals surface area contributed by atoms with Crippen LogP contribution in [0, 0.1) is 18.8 Å². The molecule has 1 aliphatic heterocycles. The summed E-state index contributed by atoms with van der Waals surface area (Å²) in [5, 5.41) is 0. The summed E-state index contributed by atoms with van der Waals surface area (Å²) in [7, 11) is 1.85. The Morgan fingerprint density at radius 2 is 2.03 bits per heavy atom. The van der Waals surface area contributed by atoms with E-state index < -0.39 is 0 Å². The molecular formula is C22H33N5O2. The summed E-state index contributed by atoms with van der Waals surface area (Å²) in [6.45, 7) is 9.83. The Labute approximate surface area is 173 Å². The minimum absolute atomic E-state index is 0.0856. The standard InChI is InChI=1S/C22H33N5O2/c1-15(2)11-18-12-20(25-22(23)24-18)21(28)26(4)13-17-7-9-27(10-8-17)14-19-6-5-16(3)29-19/h5-6,12,15,17H,7-11,13-14H2,1-4H3,(H2,23,24,25). The number of amides is 1. The first-order valence-corrected chi connectivity index (χ1v) is 10.5. The maximum atomic E-state index is 12.9. The smallest absolute Gasteiger partial charge is 0.272 e. The first-order chi connectivity index (χ1) is 13.8. The van der Waals surface area contributed by atoms with Crippen molar-refractivity contribution in [1.29, 1.82) is 0 Å². The molecule has 0 aliphatic carbocycles. The van der Waals surface area contributed by atoms with Crippen molar-refractivity contribution in [3.63, 3.8) is 0 Å². The van der Waals surface area contributed by atoms with Crippen molar-refractivity contribution in [2.45, 2.75) is 46.6 Å². The van der Waals surface area contributed by atoms with Crippen LogP contribution in [0.5, 0.6) is 0 Å². The molecule has 3 heterocycles. The Morgan fingerprint density at radius 3 is 2.66 bits per heavy atom. The number of aromatic nitrogens is 2. The van der Waals surface area contributed by atoms with Crippen molar-refractivity contribution < 1.29 is 9.21 Å². The summed E-state index contributed by atoms with van der Waals surface area (Å²) in [4.78, 5) is 25.5. The van der Waals surface area contributed by atoms with E-state index >= 15 is 0 Å². The molecule has 158 valence electrons. The first kappa shape index (κ1) is 21.3. The van der Waals surface area contributed by atoms with Gasteiger partial charge in [-0.2, -0.15) is 0 Å². The summed E-state index contributed by atoms with van der Waals surface area (Å²) in [6.07, 6.45) is 2.92. The van der Waals surface area contributed by atoms with Gasteiger partial charge in [0.05, 0.1) is 6.54 Å². The lowest BCUT2D eigenvalue weighted by Crippen LogP contribution is -2.39. The predicted octanol–water partition coefficient (Wildman–Crippen LogP) is 3.14. The van der Waals surface area contributed by atoms with Gasteiger partial charge in [0, 0.05) is 19.3 Å². The number of rotatable bonds is 7. The molecule has 0 bridgehead atoms. The average molecular weight is 400 g/mol. The van der Waals surface area contributed by atoms with Crippen molar-refractivity contribution in [3.8, 4) is 0 Å². The zero-order valence-corrected chi connectivity index (χ0v) is 18.0. The summed E-state index contributed by atoms with van der Waals surface area (Å²) in [5.41, 5.74) is 7.05.